The lowest BCUT2D eigenvalue weighted by atomic mass is 10.1. The van der Waals surface area contributed by atoms with Gasteiger partial charge in [-0.1, -0.05) is 23.7 Å². The van der Waals surface area contributed by atoms with Crippen LogP contribution >= 0.6 is 11.6 Å². The van der Waals surface area contributed by atoms with E-state index < -0.39 is 0 Å². The van der Waals surface area contributed by atoms with Gasteiger partial charge in [0.2, 0.25) is 5.91 Å². The van der Waals surface area contributed by atoms with Gasteiger partial charge in [0.1, 0.15) is 0 Å². The van der Waals surface area contributed by atoms with E-state index in [2.05, 4.69) is 16.0 Å². The number of anilines is 1. The minimum Gasteiger partial charge on any atom is -0.352 e. The van der Waals surface area contributed by atoms with Crippen molar-refractivity contribution in [2.75, 3.05) is 18.4 Å². The molecule has 0 bridgehead atoms. The Bertz CT molecular complexity index is 806. The molecule has 0 aromatic heterocycles. The van der Waals surface area contributed by atoms with Gasteiger partial charge in [-0.25, -0.2) is 0 Å². The number of para-hydroxylation sites is 1. The van der Waals surface area contributed by atoms with Crippen molar-refractivity contribution in [3.8, 4) is 0 Å². The quantitative estimate of drug-likeness (QED) is 0.607. The Balaban J connectivity index is 1.79. The third-order valence-electron chi connectivity index (χ3n) is 3.76. The van der Waals surface area contributed by atoms with Crippen LogP contribution in [0.25, 0.3) is 0 Å². The molecule has 2 aromatic rings. The number of hydrogen-bond acceptors (Lipinski definition) is 3. The van der Waals surface area contributed by atoms with Crippen molar-refractivity contribution in [3.63, 3.8) is 0 Å². The molecule has 0 saturated heterocycles. The molecule has 3 N–H and O–H groups in total. The largest absolute Gasteiger partial charge is 0.352 e. The van der Waals surface area contributed by atoms with Crippen LogP contribution in [0.4, 0.5) is 5.69 Å². The standard InChI is InChI=1S/C20H22ClN3O3/c1-2-22-20(27)16-6-3-4-7-17(16)24-18(25)8-5-13-23-19(26)14-9-11-15(21)12-10-14/h3-4,6-7,9-12H,2,5,8,13H2,1H3,(H,22,27)(H,23,26)(H,24,25). The average molecular weight is 388 g/mol. The highest BCUT2D eigenvalue weighted by molar-refractivity contribution is 6.30. The fourth-order valence-corrected chi connectivity index (χ4v) is 2.54. The van der Waals surface area contributed by atoms with Crippen molar-refractivity contribution in [1.82, 2.24) is 10.6 Å². The summed E-state index contributed by atoms with van der Waals surface area (Å²) < 4.78 is 0. The zero-order valence-electron chi connectivity index (χ0n) is 15.0. The zero-order valence-corrected chi connectivity index (χ0v) is 15.8. The number of halogens is 1. The number of nitrogens with one attached hydrogen (secondary N) is 3. The second-order valence-corrected chi connectivity index (χ2v) is 6.26. The van der Waals surface area contributed by atoms with E-state index in [1.54, 1.807) is 48.5 Å². The van der Waals surface area contributed by atoms with Gasteiger partial charge in [0, 0.05) is 30.1 Å². The maximum atomic E-state index is 12.1. The number of hydrogen-bond donors (Lipinski definition) is 3. The Morgan fingerprint density at radius 1 is 0.926 bits per heavy atom. The van der Waals surface area contributed by atoms with Gasteiger partial charge >= 0.3 is 0 Å². The Hall–Kier alpha value is -2.86. The molecule has 0 fully saturated rings. The minimum absolute atomic E-state index is 0.214. The summed E-state index contributed by atoms with van der Waals surface area (Å²) in [6, 6.07) is 13.4. The fourth-order valence-electron chi connectivity index (χ4n) is 2.41. The lowest BCUT2D eigenvalue weighted by Gasteiger charge is -2.11. The van der Waals surface area contributed by atoms with Crippen LogP contribution in [0.15, 0.2) is 48.5 Å². The number of benzene rings is 2. The van der Waals surface area contributed by atoms with Crippen molar-refractivity contribution in [2.45, 2.75) is 19.8 Å². The Morgan fingerprint density at radius 2 is 1.63 bits per heavy atom. The third kappa shape index (κ3) is 6.42. The van der Waals surface area contributed by atoms with Gasteiger partial charge in [-0.2, -0.15) is 0 Å². The maximum Gasteiger partial charge on any atom is 0.253 e. The van der Waals surface area contributed by atoms with Crippen LogP contribution in [0.2, 0.25) is 5.02 Å². The number of amides is 3. The summed E-state index contributed by atoms with van der Waals surface area (Å²) >= 11 is 5.79. The van der Waals surface area contributed by atoms with Crippen LogP contribution in [-0.4, -0.2) is 30.8 Å². The van der Waals surface area contributed by atoms with Gasteiger partial charge < -0.3 is 16.0 Å². The number of rotatable bonds is 8. The summed E-state index contributed by atoms with van der Waals surface area (Å²) in [4.78, 5) is 36.1. The van der Waals surface area contributed by atoms with Gasteiger partial charge in [0.15, 0.2) is 0 Å². The first-order valence-corrected chi connectivity index (χ1v) is 9.10. The van der Waals surface area contributed by atoms with Crippen LogP contribution in [0.3, 0.4) is 0 Å². The molecule has 3 amide bonds. The second kappa shape index (κ2) is 10.3. The highest BCUT2D eigenvalue weighted by Crippen LogP contribution is 2.15. The zero-order chi connectivity index (χ0) is 19.6. The second-order valence-electron chi connectivity index (χ2n) is 5.82. The van der Waals surface area contributed by atoms with Gasteiger partial charge in [-0.05, 0) is 49.7 Å². The molecule has 0 heterocycles. The molecule has 7 heteroatoms. The lowest BCUT2D eigenvalue weighted by molar-refractivity contribution is -0.116. The van der Waals surface area contributed by atoms with Crippen molar-refractivity contribution in [3.05, 3.63) is 64.7 Å². The van der Waals surface area contributed by atoms with E-state index in [-0.39, 0.29) is 24.1 Å². The number of carbonyl (C=O) groups is 3. The molecule has 0 aliphatic rings. The lowest BCUT2D eigenvalue weighted by Crippen LogP contribution is -2.26. The van der Waals surface area contributed by atoms with Crippen molar-refractivity contribution < 1.29 is 14.4 Å². The SMILES string of the molecule is CCNC(=O)c1ccccc1NC(=O)CCCNC(=O)c1ccc(Cl)cc1. The van der Waals surface area contributed by atoms with Crippen LogP contribution in [-0.2, 0) is 4.79 Å². The summed E-state index contributed by atoms with van der Waals surface area (Å²) in [5.41, 5.74) is 1.40. The maximum absolute atomic E-state index is 12.1. The van der Waals surface area contributed by atoms with Gasteiger partial charge in [-0.3, -0.25) is 14.4 Å². The molecule has 27 heavy (non-hydrogen) atoms. The van der Waals surface area contributed by atoms with Crippen LogP contribution in [0.5, 0.6) is 0 Å². The molecule has 0 aliphatic carbocycles. The van der Waals surface area contributed by atoms with Gasteiger partial charge in [0.05, 0.1) is 11.3 Å². The molecule has 0 unspecified atom stereocenters. The van der Waals surface area contributed by atoms with E-state index in [0.29, 0.717) is 41.3 Å². The fraction of sp³-hybridized carbons (Fsp3) is 0.250. The highest BCUT2D eigenvalue weighted by atomic mass is 35.5. The molecule has 0 saturated carbocycles. The third-order valence-corrected chi connectivity index (χ3v) is 4.01. The molecular formula is C20H22ClN3O3. The van der Waals surface area contributed by atoms with Crippen molar-refractivity contribution >= 4 is 35.0 Å². The van der Waals surface area contributed by atoms with E-state index in [9.17, 15) is 14.4 Å². The smallest absolute Gasteiger partial charge is 0.253 e. The topological polar surface area (TPSA) is 87.3 Å². The Labute approximate surface area is 163 Å². The van der Waals surface area contributed by atoms with Gasteiger partial charge in [0.25, 0.3) is 11.8 Å². The van der Waals surface area contributed by atoms with Gasteiger partial charge in [-0.15, -0.1) is 0 Å². The van der Waals surface area contributed by atoms with E-state index >= 15 is 0 Å². The summed E-state index contributed by atoms with van der Waals surface area (Å²) in [5, 5.41) is 8.79. The molecule has 2 rings (SSSR count). The molecule has 0 radical (unpaired) electrons. The van der Waals surface area contributed by atoms with E-state index in [4.69, 9.17) is 11.6 Å². The summed E-state index contributed by atoms with van der Waals surface area (Å²) in [6.07, 6.45) is 0.707. The van der Waals surface area contributed by atoms with Crippen molar-refractivity contribution in [2.24, 2.45) is 0 Å². The predicted octanol–water partition coefficient (Wildman–Crippen LogP) is 3.24. The summed E-state index contributed by atoms with van der Waals surface area (Å²) in [5.74, 6) is -0.662. The first kappa shape index (κ1) is 20.5. The first-order chi connectivity index (χ1) is 13.0. The molecular weight excluding hydrogens is 366 g/mol. The Kier molecular flexibility index (Phi) is 7.82. The summed E-state index contributed by atoms with van der Waals surface area (Å²) in [7, 11) is 0. The predicted molar refractivity (Wildman–Crippen MR) is 106 cm³/mol. The minimum atomic E-state index is -0.233. The molecule has 0 aliphatic heterocycles. The summed E-state index contributed by atoms with van der Waals surface area (Å²) in [6.45, 7) is 2.71. The Morgan fingerprint density at radius 3 is 2.33 bits per heavy atom. The molecule has 0 spiro atoms. The average Bonchev–Trinajstić information content (AvgIpc) is 2.66. The van der Waals surface area contributed by atoms with E-state index in [1.165, 1.54) is 0 Å². The first-order valence-electron chi connectivity index (χ1n) is 8.72. The highest BCUT2D eigenvalue weighted by Gasteiger charge is 2.12. The van der Waals surface area contributed by atoms with Crippen LogP contribution < -0.4 is 16.0 Å². The van der Waals surface area contributed by atoms with Crippen LogP contribution in [0, 0.1) is 0 Å². The molecule has 142 valence electrons. The monoisotopic (exact) mass is 387 g/mol. The molecule has 0 atom stereocenters. The number of carbonyl (C=O) groups excluding carboxylic acids is 3. The van der Waals surface area contributed by atoms with Crippen LogP contribution in [0.1, 0.15) is 40.5 Å². The van der Waals surface area contributed by atoms with Crippen molar-refractivity contribution in [1.29, 1.82) is 0 Å². The molecule has 2 aromatic carbocycles. The molecule has 6 nitrogen and oxygen atoms in total. The van der Waals surface area contributed by atoms with E-state index in [0.717, 1.165) is 0 Å². The van der Waals surface area contributed by atoms with E-state index in [1.807, 2.05) is 6.92 Å². The normalized spacial score (nSPS) is 10.1.